The maximum absolute atomic E-state index is 12.5. The molecule has 3 rings (SSSR count). The van der Waals surface area contributed by atoms with Crippen LogP contribution in [0, 0.1) is 16.7 Å². The highest BCUT2D eigenvalue weighted by molar-refractivity contribution is 6.31. The number of halogens is 1. The van der Waals surface area contributed by atoms with E-state index in [0.717, 1.165) is 0 Å². The van der Waals surface area contributed by atoms with Crippen LogP contribution in [0.25, 0.3) is 11.2 Å². The highest BCUT2D eigenvalue weighted by atomic mass is 35.5. The first kappa shape index (κ1) is 19.3. The molecule has 0 fully saturated rings. The van der Waals surface area contributed by atoms with E-state index in [1.54, 1.807) is 32.2 Å². The Labute approximate surface area is 166 Å². The number of nitrogens with zero attached hydrogens (tertiary/aromatic N) is 3. The molecule has 0 bridgehead atoms. The second kappa shape index (κ2) is 8.06. The number of benzene rings is 1. The highest BCUT2D eigenvalue weighted by Gasteiger charge is 2.18. The number of aromatic nitrogens is 3. The molecule has 3 aromatic rings. The molecular formula is C19H18ClN7O. The number of carbonyl (C=O) groups excluding carboxylic acids is 1. The Hall–Kier alpha value is -3.44. The number of fused-ring (bicyclic) bond motifs is 1. The van der Waals surface area contributed by atoms with Gasteiger partial charge in [-0.3, -0.25) is 10.2 Å². The van der Waals surface area contributed by atoms with Crippen molar-refractivity contribution in [3.05, 3.63) is 52.4 Å². The topological polar surface area (TPSA) is 130 Å². The largest absolute Gasteiger partial charge is 0.388 e. The number of hydrogen-bond acceptors (Lipinski definition) is 6. The summed E-state index contributed by atoms with van der Waals surface area (Å²) in [7, 11) is 1.74. The fourth-order valence-electron chi connectivity index (χ4n) is 2.75. The molecular weight excluding hydrogens is 378 g/mol. The van der Waals surface area contributed by atoms with E-state index in [9.17, 15) is 4.79 Å². The summed E-state index contributed by atoms with van der Waals surface area (Å²) >= 11 is 6.02. The average Bonchev–Trinajstić information content (AvgIpc) is 3.10. The van der Waals surface area contributed by atoms with Crippen LogP contribution in [0.3, 0.4) is 0 Å². The smallest absolute Gasteiger partial charge is 0.255 e. The van der Waals surface area contributed by atoms with Crippen LogP contribution in [0.1, 0.15) is 35.0 Å². The number of nitriles is 1. The van der Waals surface area contributed by atoms with E-state index in [4.69, 9.17) is 22.3 Å². The fourth-order valence-corrected chi connectivity index (χ4v) is 2.93. The summed E-state index contributed by atoms with van der Waals surface area (Å²) in [5.41, 5.74) is 2.91. The zero-order valence-electron chi connectivity index (χ0n) is 15.3. The number of carbonyl (C=O) groups is 1. The first-order valence-corrected chi connectivity index (χ1v) is 8.91. The Kier molecular flexibility index (Phi) is 5.57. The van der Waals surface area contributed by atoms with E-state index in [0.29, 0.717) is 38.7 Å². The second-order valence-corrected chi connectivity index (χ2v) is 6.64. The van der Waals surface area contributed by atoms with Gasteiger partial charge in [0.2, 0.25) is 0 Å². The van der Waals surface area contributed by atoms with Gasteiger partial charge < -0.3 is 15.6 Å². The van der Waals surface area contributed by atoms with Crippen LogP contribution in [0.4, 0.5) is 5.69 Å². The maximum Gasteiger partial charge on any atom is 0.255 e. The minimum Gasteiger partial charge on any atom is -0.388 e. The minimum atomic E-state index is -0.352. The third kappa shape index (κ3) is 3.80. The minimum absolute atomic E-state index is 0.154. The van der Waals surface area contributed by atoms with Crippen molar-refractivity contribution < 1.29 is 4.79 Å². The van der Waals surface area contributed by atoms with E-state index < -0.39 is 0 Å². The molecule has 142 valence electrons. The van der Waals surface area contributed by atoms with E-state index in [-0.39, 0.29) is 24.1 Å². The fraction of sp³-hybridized carbons (Fsp3) is 0.211. The van der Waals surface area contributed by atoms with Gasteiger partial charge >= 0.3 is 0 Å². The predicted octanol–water partition coefficient (Wildman–Crippen LogP) is 3.10. The molecule has 28 heavy (non-hydrogen) atoms. The van der Waals surface area contributed by atoms with Gasteiger partial charge in [0.05, 0.1) is 30.0 Å². The molecule has 0 aliphatic rings. The first-order chi connectivity index (χ1) is 13.4. The number of aromatic amines is 1. The van der Waals surface area contributed by atoms with Crippen LogP contribution in [0.15, 0.2) is 30.6 Å². The van der Waals surface area contributed by atoms with Gasteiger partial charge in [-0.2, -0.15) is 5.26 Å². The van der Waals surface area contributed by atoms with Crippen molar-refractivity contribution in [1.29, 1.82) is 10.7 Å². The molecule has 0 aliphatic carbocycles. The van der Waals surface area contributed by atoms with Gasteiger partial charge in [0.25, 0.3) is 5.91 Å². The molecule has 0 saturated carbocycles. The Morgan fingerprint density at radius 1 is 1.43 bits per heavy atom. The molecule has 1 aromatic carbocycles. The van der Waals surface area contributed by atoms with Crippen molar-refractivity contribution in [1.82, 2.24) is 20.3 Å². The van der Waals surface area contributed by atoms with Crippen molar-refractivity contribution >= 4 is 40.1 Å². The Bertz CT molecular complexity index is 1100. The number of anilines is 1. The zero-order chi connectivity index (χ0) is 20.3. The molecule has 0 spiro atoms. The average molecular weight is 396 g/mol. The van der Waals surface area contributed by atoms with Crippen molar-refractivity contribution in [2.75, 3.05) is 12.4 Å². The standard InChI is InChI=1S/C19H18ClN7O/c1-10(5-6-21)26-19(28)13-8-24-18-17(13)27-15(9-25-18)16(22)12-4-3-11(20)7-14(12)23-2/h3-4,7-10,22-23H,5H2,1-2H3,(H,24,25)(H,26,28). The van der Waals surface area contributed by atoms with Gasteiger partial charge in [0.15, 0.2) is 5.65 Å². The molecule has 9 heteroatoms. The molecule has 0 radical (unpaired) electrons. The molecule has 1 atom stereocenters. The number of amides is 1. The van der Waals surface area contributed by atoms with Crippen molar-refractivity contribution in [2.45, 2.75) is 19.4 Å². The number of hydrogen-bond donors (Lipinski definition) is 4. The number of rotatable bonds is 6. The van der Waals surface area contributed by atoms with Crippen molar-refractivity contribution in [3.63, 3.8) is 0 Å². The number of nitrogens with one attached hydrogen (secondary N) is 4. The lowest BCUT2D eigenvalue weighted by Crippen LogP contribution is -2.32. The molecule has 4 N–H and O–H groups in total. The summed E-state index contributed by atoms with van der Waals surface area (Å²) in [4.78, 5) is 24.2. The van der Waals surface area contributed by atoms with E-state index in [2.05, 4.69) is 25.6 Å². The van der Waals surface area contributed by atoms with Crippen LogP contribution in [-0.4, -0.2) is 39.7 Å². The predicted molar refractivity (Wildman–Crippen MR) is 108 cm³/mol. The Balaban J connectivity index is 1.97. The lowest BCUT2D eigenvalue weighted by Gasteiger charge is -2.11. The van der Waals surface area contributed by atoms with Crippen LogP contribution in [0.2, 0.25) is 5.02 Å². The maximum atomic E-state index is 12.5. The van der Waals surface area contributed by atoms with Crippen molar-refractivity contribution in [2.24, 2.45) is 0 Å². The molecule has 8 nitrogen and oxygen atoms in total. The highest BCUT2D eigenvalue weighted by Crippen LogP contribution is 2.23. The van der Waals surface area contributed by atoms with Gasteiger partial charge in [0.1, 0.15) is 11.2 Å². The Morgan fingerprint density at radius 2 is 2.21 bits per heavy atom. The lowest BCUT2D eigenvalue weighted by atomic mass is 10.1. The summed E-state index contributed by atoms with van der Waals surface area (Å²) in [5.74, 6) is -0.352. The van der Waals surface area contributed by atoms with Crippen LogP contribution in [-0.2, 0) is 0 Å². The lowest BCUT2D eigenvalue weighted by molar-refractivity contribution is 0.0942. The van der Waals surface area contributed by atoms with Gasteiger partial charge in [0, 0.05) is 35.6 Å². The molecule has 0 aliphatic heterocycles. The molecule has 1 unspecified atom stereocenters. The molecule has 2 aromatic heterocycles. The summed E-state index contributed by atoms with van der Waals surface area (Å²) < 4.78 is 0. The summed E-state index contributed by atoms with van der Waals surface area (Å²) in [6.07, 6.45) is 3.21. The van der Waals surface area contributed by atoms with Gasteiger partial charge in [-0.25, -0.2) is 9.97 Å². The van der Waals surface area contributed by atoms with Gasteiger partial charge in [-0.05, 0) is 25.1 Å². The SMILES string of the molecule is CNc1cc(Cl)ccc1C(=N)c1cnc2[nH]cc(C(=O)NC(C)CC#N)c2n1. The third-order valence-electron chi connectivity index (χ3n) is 4.18. The first-order valence-electron chi connectivity index (χ1n) is 8.53. The van der Waals surface area contributed by atoms with E-state index in [1.807, 2.05) is 6.07 Å². The van der Waals surface area contributed by atoms with Gasteiger partial charge in [-0.1, -0.05) is 11.6 Å². The normalized spacial score (nSPS) is 11.6. The molecule has 0 saturated heterocycles. The van der Waals surface area contributed by atoms with Crippen LogP contribution in [0.5, 0.6) is 0 Å². The summed E-state index contributed by atoms with van der Waals surface area (Å²) in [6.45, 7) is 1.75. The van der Waals surface area contributed by atoms with E-state index in [1.165, 1.54) is 12.4 Å². The molecule has 1 amide bonds. The Morgan fingerprint density at radius 3 is 2.93 bits per heavy atom. The summed E-state index contributed by atoms with van der Waals surface area (Å²) in [5, 5.41) is 23.6. The zero-order valence-corrected chi connectivity index (χ0v) is 16.1. The van der Waals surface area contributed by atoms with Crippen LogP contribution < -0.4 is 10.6 Å². The second-order valence-electron chi connectivity index (χ2n) is 6.21. The third-order valence-corrected chi connectivity index (χ3v) is 4.41. The van der Waals surface area contributed by atoms with Crippen molar-refractivity contribution in [3.8, 4) is 6.07 Å². The van der Waals surface area contributed by atoms with Crippen LogP contribution >= 0.6 is 11.6 Å². The molecule has 2 heterocycles. The van der Waals surface area contributed by atoms with E-state index >= 15 is 0 Å². The summed E-state index contributed by atoms with van der Waals surface area (Å²) in [6, 6.07) is 6.89. The number of H-pyrrole nitrogens is 1. The quantitative estimate of drug-likeness (QED) is 0.476. The van der Waals surface area contributed by atoms with Gasteiger partial charge in [-0.15, -0.1) is 0 Å². The monoisotopic (exact) mass is 395 g/mol.